The summed E-state index contributed by atoms with van der Waals surface area (Å²) in [5.74, 6) is -0.174. The van der Waals surface area contributed by atoms with Crippen LogP contribution >= 0.6 is 11.3 Å². The second-order valence-electron chi connectivity index (χ2n) is 8.88. The highest BCUT2D eigenvalue weighted by atomic mass is 32.2. The molecule has 1 amide bonds. The normalized spacial score (nSPS) is 17.8. The zero-order valence-electron chi connectivity index (χ0n) is 19.1. The van der Waals surface area contributed by atoms with Gasteiger partial charge in [0, 0.05) is 45.8 Å². The second kappa shape index (κ2) is 10.00. The quantitative estimate of drug-likeness (QED) is 0.540. The Labute approximate surface area is 205 Å². The monoisotopic (exact) mass is 495 g/mol. The van der Waals surface area contributed by atoms with Crippen LogP contribution in [0.1, 0.15) is 32.8 Å². The minimum absolute atomic E-state index is 0.146. The molecule has 3 aromatic rings. The SMILES string of the molecule is O=C(c1sccc1S(=O)(=O)N1CCc2ccccc2C1)N1CCCN(Cc2ccccc2)CC1. The first kappa shape index (κ1) is 23.2. The summed E-state index contributed by atoms with van der Waals surface area (Å²) in [6.45, 7) is 4.57. The standard InChI is InChI=1S/C26H29N3O3S2/c30-26(28-14-6-13-27(16-17-28)19-21-7-2-1-3-8-21)25-24(12-18-33-25)34(31,32)29-15-11-22-9-4-5-10-23(22)20-29/h1-5,7-10,12,18H,6,11,13-17,19-20H2. The average molecular weight is 496 g/mol. The summed E-state index contributed by atoms with van der Waals surface area (Å²) < 4.78 is 28.6. The Morgan fingerprint density at radius 1 is 0.853 bits per heavy atom. The number of hydrogen-bond donors (Lipinski definition) is 0. The van der Waals surface area contributed by atoms with Crippen LogP contribution in [-0.2, 0) is 29.5 Å². The van der Waals surface area contributed by atoms with Crippen molar-refractivity contribution < 1.29 is 13.2 Å². The fourth-order valence-electron chi connectivity index (χ4n) is 4.79. The van der Waals surface area contributed by atoms with Gasteiger partial charge >= 0.3 is 0 Å². The molecule has 1 aromatic heterocycles. The van der Waals surface area contributed by atoms with Gasteiger partial charge in [0.2, 0.25) is 10.0 Å². The molecule has 1 saturated heterocycles. The molecule has 6 nitrogen and oxygen atoms in total. The minimum atomic E-state index is -3.75. The highest BCUT2D eigenvalue weighted by Gasteiger charge is 2.34. The number of carbonyl (C=O) groups excluding carboxylic acids is 1. The van der Waals surface area contributed by atoms with Gasteiger partial charge in [-0.25, -0.2) is 8.42 Å². The van der Waals surface area contributed by atoms with Crippen molar-refractivity contribution in [2.24, 2.45) is 0 Å². The van der Waals surface area contributed by atoms with Crippen molar-refractivity contribution >= 4 is 27.3 Å². The summed E-state index contributed by atoms with van der Waals surface area (Å²) >= 11 is 1.23. The van der Waals surface area contributed by atoms with E-state index in [1.54, 1.807) is 11.4 Å². The van der Waals surface area contributed by atoms with Gasteiger partial charge in [-0.15, -0.1) is 11.3 Å². The third-order valence-electron chi connectivity index (χ3n) is 6.66. The topological polar surface area (TPSA) is 60.9 Å². The van der Waals surface area contributed by atoms with Gasteiger partial charge in [0.05, 0.1) is 0 Å². The van der Waals surface area contributed by atoms with Gasteiger partial charge < -0.3 is 4.90 Å². The summed E-state index contributed by atoms with van der Waals surface area (Å²) in [4.78, 5) is 18.1. The summed E-state index contributed by atoms with van der Waals surface area (Å²) in [7, 11) is -3.75. The van der Waals surface area contributed by atoms with Crippen LogP contribution in [-0.4, -0.2) is 61.2 Å². The van der Waals surface area contributed by atoms with E-state index < -0.39 is 10.0 Å². The molecule has 0 atom stereocenters. The molecule has 0 spiro atoms. The van der Waals surface area contributed by atoms with Crippen molar-refractivity contribution in [1.82, 2.24) is 14.1 Å². The lowest BCUT2D eigenvalue weighted by Crippen LogP contribution is -2.38. The summed E-state index contributed by atoms with van der Waals surface area (Å²) in [6, 6.07) is 19.9. The molecular weight excluding hydrogens is 466 g/mol. The van der Waals surface area contributed by atoms with Gasteiger partial charge in [-0.05, 0) is 41.0 Å². The Morgan fingerprint density at radius 2 is 1.62 bits per heavy atom. The second-order valence-corrected chi connectivity index (χ2v) is 11.7. The molecule has 2 aromatic carbocycles. The molecule has 0 unspecified atom stereocenters. The number of thiophene rings is 1. The van der Waals surface area contributed by atoms with Crippen molar-refractivity contribution in [2.45, 2.75) is 30.8 Å². The third-order valence-corrected chi connectivity index (χ3v) is 9.58. The zero-order chi connectivity index (χ0) is 23.5. The maximum atomic E-state index is 13.5. The number of amides is 1. The van der Waals surface area contributed by atoms with E-state index in [9.17, 15) is 13.2 Å². The first-order chi connectivity index (χ1) is 16.5. The van der Waals surface area contributed by atoms with Crippen LogP contribution in [0.15, 0.2) is 70.9 Å². The predicted octanol–water partition coefficient (Wildman–Crippen LogP) is 3.84. The zero-order valence-corrected chi connectivity index (χ0v) is 20.7. The molecule has 0 N–H and O–H groups in total. The Bertz CT molecular complexity index is 1260. The molecule has 0 saturated carbocycles. The number of benzene rings is 2. The van der Waals surface area contributed by atoms with E-state index in [1.165, 1.54) is 26.8 Å². The first-order valence-electron chi connectivity index (χ1n) is 11.7. The van der Waals surface area contributed by atoms with Crippen molar-refractivity contribution in [3.63, 3.8) is 0 Å². The lowest BCUT2D eigenvalue weighted by molar-refractivity contribution is 0.0762. The van der Waals surface area contributed by atoms with Crippen LogP contribution in [0.3, 0.4) is 0 Å². The van der Waals surface area contributed by atoms with Crippen LogP contribution in [0.5, 0.6) is 0 Å². The molecule has 3 heterocycles. The maximum absolute atomic E-state index is 13.5. The van der Waals surface area contributed by atoms with Gasteiger partial charge in [-0.3, -0.25) is 9.69 Å². The largest absolute Gasteiger partial charge is 0.337 e. The Hall–Kier alpha value is -2.52. The van der Waals surface area contributed by atoms with Crippen LogP contribution in [0.4, 0.5) is 0 Å². The Kier molecular flexibility index (Phi) is 6.83. The van der Waals surface area contributed by atoms with Crippen LogP contribution in [0.2, 0.25) is 0 Å². The molecular formula is C26H29N3O3S2. The van der Waals surface area contributed by atoms with Gasteiger partial charge in [0.1, 0.15) is 9.77 Å². The number of nitrogens with zero attached hydrogens (tertiary/aromatic N) is 3. The van der Waals surface area contributed by atoms with Gasteiger partial charge in [-0.1, -0.05) is 54.6 Å². The smallest absolute Gasteiger partial charge is 0.265 e. The molecule has 8 heteroatoms. The number of hydrogen-bond acceptors (Lipinski definition) is 5. The van der Waals surface area contributed by atoms with Crippen LogP contribution < -0.4 is 0 Å². The third kappa shape index (κ3) is 4.81. The van der Waals surface area contributed by atoms with Crippen LogP contribution in [0, 0.1) is 0 Å². The summed E-state index contributed by atoms with van der Waals surface area (Å²) in [5, 5.41) is 1.72. The summed E-state index contributed by atoms with van der Waals surface area (Å²) in [6.07, 6.45) is 1.56. The molecule has 2 aliphatic rings. The van der Waals surface area contributed by atoms with E-state index in [1.807, 2.05) is 41.3 Å². The van der Waals surface area contributed by atoms with Gasteiger partial charge in [-0.2, -0.15) is 4.31 Å². The van der Waals surface area contributed by atoms with E-state index >= 15 is 0 Å². The van der Waals surface area contributed by atoms with Crippen molar-refractivity contribution in [3.8, 4) is 0 Å². The van der Waals surface area contributed by atoms with E-state index in [4.69, 9.17) is 0 Å². The fourth-order valence-corrected chi connectivity index (χ4v) is 7.57. The molecule has 5 rings (SSSR count). The molecule has 0 radical (unpaired) electrons. The van der Waals surface area contributed by atoms with Crippen LogP contribution in [0.25, 0.3) is 0 Å². The maximum Gasteiger partial charge on any atom is 0.265 e. The molecule has 34 heavy (non-hydrogen) atoms. The lowest BCUT2D eigenvalue weighted by Gasteiger charge is -2.28. The van der Waals surface area contributed by atoms with E-state index in [2.05, 4.69) is 23.1 Å². The Morgan fingerprint density at radius 3 is 2.44 bits per heavy atom. The van der Waals surface area contributed by atoms with Gasteiger partial charge in [0.25, 0.3) is 5.91 Å². The molecule has 178 valence electrons. The van der Waals surface area contributed by atoms with E-state index in [0.717, 1.165) is 31.6 Å². The molecule has 0 aliphatic carbocycles. The number of fused-ring (bicyclic) bond motifs is 1. The predicted molar refractivity (Wildman–Crippen MR) is 134 cm³/mol. The number of carbonyl (C=O) groups is 1. The van der Waals surface area contributed by atoms with Crippen molar-refractivity contribution in [3.05, 3.63) is 87.6 Å². The van der Waals surface area contributed by atoms with E-state index in [-0.39, 0.29) is 10.8 Å². The summed E-state index contributed by atoms with van der Waals surface area (Å²) in [5.41, 5.74) is 3.49. The number of rotatable bonds is 5. The highest BCUT2D eigenvalue weighted by Crippen LogP contribution is 2.30. The lowest BCUT2D eigenvalue weighted by atomic mass is 10.0. The fraction of sp³-hybridized carbons (Fsp3) is 0.346. The number of sulfonamides is 1. The minimum Gasteiger partial charge on any atom is -0.337 e. The Balaban J connectivity index is 1.29. The average Bonchev–Trinajstić information content (AvgIpc) is 3.26. The van der Waals surface area contributed by atoms with Gasteiger partial charge in [0.15, 0.2) is 0 Å². The molecule has 2 aliphatic heterocycles. The molecule has 0 bridgehead atoms. The highest BCUT2D eigenvalue weighted by molar-refractivity contribution is 7.89. The first-order valence-corrected chi connectivity index (χ1v) is 14.0. The molecule has 1 fully saturated rings. The van der Waals surface area contributed by atoms with E-state index in [0.29, 0.717) is 37.5 Å². The van der Waals surface area contributed by atoms with Crippen molar-refractivity contribution in [1.29, 1.82) is 0 Å². The van der Waals surface area contributed by atoms with Crippen molar-refractivity contribution in [2.75, 3.05) is 32.7 Å².